The van der Waals surface area contributed by atoms with Crippen LogP contribution in [-0.2, 0) is 31.2 Å². The minimum Gasteiger partial charge on any atom is -0.493 e. The second-order valence-electron chi connectivity index (χ2n) is 13.6. The van der Waals surface area contributed by atoms with Crippen LogP contribution in [0.2, 0.25) is 5.02 Å². The quantitative estimate of drug-likeness (QED) is 0.145. The van der Waals surface area contributed by atoms with Crippen molar-refractivity contribution in [1.82, 2.24) is 19.2 Å². The van der Waals surface area contributed by atoms with E-state index in [0.29, 0.717) is 99.0 Å². The summed E-state index contributed by atoms with van der Waals surface area (Å²) in [4.78, 5) is 14.9. The van der Waals surface area contributed by atoms with Crippen molar-refractivity contribution in [2.45, 2.75) is 70.4 Å². The minimum atomic E-state index is -2.68. The van der Waals surface area contributed by atoms with Crippen LogP contribution in [0, 0.1) is 5.82 Å². The van der Waals surface area contributed by atoms with Crippen molar-refractivity contribution in [3.8, 4) is 16.9 Å². The molecule has 0 aliphatic carbocycles. The summed E-state index contributed by atoms with van der Waals surface area (Å²) >= 11 is 7.12. The van der Waals surface area contributed by atoms with Crippen LogP contribution in [-0.4, -0.2) is 69.1 Å². The predicted octanol–water partition coefficient (Wildman–Crippen LogP) is 8.84. The summed E-state index contributed by atoms with van der Waals surface area (Å²) in [5.74, 6) is -3.38. The van der Waals surface area contributed by atoms with Gasteiger partial charge in [0.25, 0.3) is 5.92 Å². The third-order valence-corrected chi connectivity index (χ3v) is 10.6. The molecule has 1 unspecified atom stereocenters. The van der Waals surface area contributed by atoms with Crippen LogP contribution in [0.15, 0.2) is 48.5 Å². The number of halogens is 4. The van der Waals surface area contributed by atoms with Crippen LogP contribution in [0.3, 0.4) is 0 Å². The molecule has 2 aliphatic rings. The van der Waals surface area contributed by atoms with E-state index < -0.39 is 18.0 Å². The van der Waals surface area contributed by atoms with Gasteiger partial charge < -0.3 is 19.1 Å². The number of aromatic carboxylic acids is 1. The molecular formula is C39H42ClF3N4O4. The number of carboxylic acid groups (broad SMARTS) is 1. The SMILES string of the molecule is CCc1c2c(nn1C)C(CCN1CCC(F)(F)C1)OCCCCn1c(C(=O)O)c(CCCOc3cccc4cc(F)ccc34)c3ccc(Cl)c-2c31. The maximum Gasteiger partial charge on any atom is 0.352 e. The van der Waals surface area contributed by atoms with Crippen LogP contribution in [0.4, 0.5) is 13.2 Å². The second kappa shape index (κ2) is 14.5. The first-order chi connectivity index (χ1) is 24.6. The third-order valence-electron chi connectivity index (χ3n) is 10.2. The molecule has 2 aliphatic heterocycles. The lowest BCUT2D eigenvalue weighted by Gasteiger charge is -2.22. The van der Waals surface area contributed by atoms with Crippen LogP contribution in [0.5, 0.6) is 5.75 Å². The van der Waals surface area contributed by atoms with Gasteiger partial charge in [-0.2, -0.15) is 5.10 Å². The minimum absolute atomic E-state index is 0.146. The van der Waals surface area contributed by atoms with Gasteiger partial charge in [0.15, 0.2) is 0 Å². The smallest absolute Gasteiger partial charge is 0.352 e. The molecule has 2 aromatic heterocycles. The topological polar surface area (TPSA) is 81.8 Å². The van der Waals surface area contributed by atoms with Crippen molar-refractivity contribution in [2.24, 2.45) is 7.05 Å². The van der Waals surface area contributed by atoms with Gasteiger partial charge in [0, 0.05) is 67.3 Å². The maximum absolute atomic E-state index is 14.0. The van der Waals surface area contributed by atoms with Gasteiger partial charge >= 0.3 is 5.97 Å². The van der Waals surface area contributed by atoms with Crippen molar-refractivity contribution in [1.29, 1.82) is 0 Å². The number of carbonyl (C=O) groups is 1. The van der Waals surface area contributed by atoms with Gasteiger partial charge in [-0.1, -0.05) is 36.7 Å². The normalized spacial score (nSPS) is 17.9. The molecule has 8 nitrogen and oxygen atoms in total. The van der Waals surface area contributed by atoms with Crippen LogP contribution >= 0.6 is 11.6 Å². The Balaban J connectivity index is 1.28. The summed E-state index contributed by atoms with van der Waals surface area (Å²) in [5, 5.41) is 18.5. The van der Waals surface area contributed by atoms with Gasteiger partial charge in [-0.25, -0.2) is 18.0 Å². The fraction of sp³-hybridized carbons (Fsp3) is 0.436. The van der Waals surface area contributed by atoms with E-state index in [1.54, 1.807) is 11.0 Å². The molecule has 0 radical (unpaired) electrons. The highest BCUT2D eigenvalue weighted by molar-refractivity contribution is 6.35. The number of likely N-dealkylation sites (tertiary alicyclic amines) is 1. The third kappa shape index (κ3) is 6.95. The molecule has 12 heteroatoms. The molecule has 4 heterocycles. The molecule has 270 valence electrons. The zero-order chi connectivity index (χ0) is 35.9. The maximum atomic E-state index is 14.0. The lowest BCUT2D eigenvalue weighted by molar-refractivity contribution is 0.00635. The molecule has 0 saturated carbocycles. The molecule has 51 heavy (non-hydrogen) atoms. The van der Waals surface area contributed by atoms with Gasteiger partial charge in [-0.05, 0) is 79.8 Å². The monoisotopic (exact) mass is 722 g/mol. The molecule has 1 fully saturated rings. The highest BCUT2D eigenvalue weighted by Crippen LogP contribution is 2.45. The van der Waals surface area contributed by atoms with E-state index in [4.69, 9.17) is 26.2 Å². The number of ether oxygens (including phenoxy) is 2. The Hall–Kier alpha value is -4.06. The summed E-state index contributed by atoms with van der Waals surface area (Å²) in [5.41, 5.74) is 4.82. The van der Waals surface area contributed by atoms with E-state index in [2.05, 4.69) is 0 Å². The van der Waals surface area contributed by atoms with Gasteiger partial charge in [-0.15, -0.1) is 0 Å². The first kappa shape index (κ1) is 35.3. The molecule has 3 aromatic carbocycles. The standard InChI is InChI=1S/C39H42ClF3N4O4/c1-3-30-34-33-29(40)14-13-28-27(9-7-21-50-31-10-6-8-24-22-25(41)11-12-26(24)31)37(38(48)49)47(36(28)33)17-4-5-20-51-32(35(34)44-45(30)2)15-18-46-19-16-39(42,43)23-46/h6,8,10-14,22,32H,3-5,7,9,15-21,23H2,1-2H3,(H,48,49). The molecular weight excluding hydrogens is 681 g/mol. The van der Waals surface area contributed by atoms with Crippen LogP contribution in [0.25, 0.3) is 32.8 Å². The largest absolute Gasteiger partial charge is 0.493 e. The Morgan fingerprint density at radius 1 is 1.12 bits per heavy atom. The second-order valence-corrected chi connectivity index (χ2v) is 14.0. The molecule has 1 saturated heterocycles. The van der Waals surface area contributed by atoms with Crippen molar-refractivity contribution >= 4 is 39.2 Å². The van der Waals surface area contributed by atoms with E-state index >= 15 is 0 Å². The number of benzene rings is 3. The Labute approximate surface area is 299 Å². The van der Waals surface area contributed by atoms with E-state index in [0.717, 1.165) is 32.9 Å². The lowest BCUT2D eigenvalue weighted by atomic mass is 9.94. The molecule has 0 spiro atoms. The van der Waals surface area contributed by atoms with Crippen molar-refractivity contribution < 1.29 is 32.5 Å². The Kier molecular flexibility index (Phi) is 10.1. The number of aryl methyl sites for hydroxylation is 3. The number of hydrogen-bond acceptors (Lipinski definition) is 5. The number of alkyl halides is 2. The lowest BCUT2D eigenvalue weighted by Crippen LogP contribution is -2.27. The first-order valence-electron chi connectivity index (χ1n) is 17.7. The number of hydrogen-bond donors (Lipinski definition) is 1. The molecule has 0 amide bonds. The number of nitrogens with zero attached hydrogens (tertiary/aromatic N) is 4. The van der Waals surface area contributed by atoms with Gasteiger partial charge in [0.1, 0.15) is 23.4 Å². The van der Waals surface area contributed by atoms with Gasteiger partial charge in [0.05, 0.1) is 29.4 Å². The van der Waals surface area contributed by atoms with Crippen molar-refractivity contribution in [2.75, 3.05) is 32.8 Å². The highest BCUT2D eigenvalue weighted by Gasteiger charge is 2.39. The Morgan fingerprint density at radius 3 is 2.71 bits per heavy atom. The molecule has 0 bridgehead atoms. The van der Waals surface area contributed by atoms with E-state index in [1.165, 1.54) is 12.1 Å². The predicted molar refractivity (Wildman–Crippen MR) is 192 cm³/mol. The van der Waals surface area contributed by atoms with Gasteiger partial charge in [0.2, 0.25) is 0 Å². The van der Waals surface area contributed by atoms with E-state index in [-0.39, 0.29) is 24.5 Å². The van der Waals surface area contributed by atoms with E-state index in [9.17, 15) is 23.1 Å². The first-order valence-corrected chi connectivity index (χ1v) is 18.1. The zero-order valence-corrected chi connectivity index (χ0v) is 29.6. The average molecular weight is 723 g/mol. The number of rotatable bonds is 10. The molecule has 5 aromatic rings. The summed E-state index contributed by atoms with van der Waals surface area (Å²) < 4.78 is 58.3. The Bertz CT molecular complexity index is 2090. The van der Waals surface area contributed by atoms with Crippen LogP contribution in [0.1, 0.15) is 72.6 Å². The summed E-state index contributed by atoms with van der Waals surface area (Å²) in [7, 11) is 1.88. The molecule has 1 atom stereocenters. The Morgan fingerprint density at radius 2 is 1.94 bits per heavy atom. The van der Waals surface area contributed by atoms with Crippen molar-refractivity contribution in [3.63, 3.8) is 0 Å². The molecule has 1 N–H and O–H groups in total. The van der Waals surface area contributed by atoms with E-state index in [1.807, 2.05) is 53.6 Å². The summed E-state index contributed by atoms with van der Waals surface area (Å²) in [6.45, 7) is 3.75. The zero-order valence-electron chi connectivity index (χ0n) is 28.9. The van der Waals surface area contributed by atoms with Crippen LogP contribution < -0.4 is 4.74 Å². The average Bonchev–Trinajstić information content (AvgIpc) is 3.72. The summed E-state index contributed by atoms with van der Waals surface area (Å²) in [6.07, 6.45) is 2.83. The van der Waals surface area contributed by atoms with Gasteiger partial charge in [-0.3, -0.25) is 9.58 Å². The fourth-order valence-corrected chi connectivity index (χ4v) is 8.16. The number of aromatic nitrogens is 3. The molecule has 7 rings (SSSR count). The van der Waals surface area contributed by atoms with Crippen molar-refractivity contribution in [3.05, 3.63) is 82.0 Å². The highest BCUT2D eigenvalue weighted by atomic mass is 35.5. The fourth-order valence-electron chi connectivity index (χ4n) is 7.91. The number of fused-ring (bicyclic) bond motifs is 3. The number of carboxylic acids is 1. The summed E-state index contributed by atoms with van der Waals surface area (Å²) in [6, 6.07) is 13.8.